The molecule has 0 saturated heterocycles. The summed E-state index contributed by atoms with van der Waals surface area (Å²) < 4.78 is 0. The van der Waals surface area contributed by atoms with Crippen molar-refractivity contribution in [3.63, 3.8) is 0 Å². The molecule has 1 rings (SSSR count). The predicted molar refractivity (Wildman–Crippen MR) is 68.6 cm³/mol. The average molecular weight is 245 g/mol. The van der Waals surface area contributed by atoms with E-state index in [9.17, 15) is 4.79 Å². The lowest BCUT2D eigenvalue weighted by atomic mass is 9.86. The maximum Gasteiger partial charge on any atom is 0.230 e. The first-order valence-corrected chi connectivity index (χ1v) is 7.20. The molecule has 0 aromatic carbocycles. The van der Waals surface area contributed by atoms with Gasteiger partial charge >= 0.3 is 0 Å². The fourth-order valence-corrected chi connectivity index (χ4v) is 2.67. The second-order valence-electron chi connectivity index (χ2n) is 4.74. The monoisotopic (exact) mass is 245 g/mol. The zero-order chi connectivity index (χ0) is 12.0. The van der Waals surface area contributed by atoms with Crippen LogP contribution in [0, 0.1) is 5.92 Å². The molecule has 1 saturated carbocycles. The molecule has 0 radical (unpaired) electrons. The van der Waals surface area contributed by atoms with Crippen LogP contribution in [0.15, 0.2) is 0 Å². The number of hydrogen-bond donors (Lipinski definition) is 2. The van der Waals surface area contributed by atoms with E-state index >= 15 is 0 Å². The Hall–Kier alpha value is -0.220. The van der Waals surface area contributed by atoms with E-state index in [2.05, 4.69) is 12.2 Å². The minimum Gasteiger partial charge on any atom is -0.395 e. The van der Waals surface area contributed by atoms with E-state index < -0.39 is 0 Å². The number of aliphatic hydroxyl groups is 1. The van der Waals surface area contributed by atoms with Crippen molar-refractivity contribution in [1.29, 1.82) is 0 Å². The highest BCUT2D eigenvalue weighted by molar-refractivity contribution is 8.00. The van der Waals surface area contributed by atoms with Gasteiger partial charge in [0.25, 0.3) is 0 Å². The van der Waals surface area contributed by atoms with Crippen LogP contribution in [0.4, 0.5) is 0 Å². The van der Waals surface area contributed by atoms with Crippen LogP contribution in [0.3, 0.4) is 0 Å². The first kappa shape index (κ1) is 13.8. The normalized spacial score (nSPS) is 27.4. The van der Waals surface area contributed by atoms with Crippen LogP contribution in [0.5, 0.6) is 0 Å². The molecular formula is C12H23NO2S. The zero-order valence-corrected chi connectivity index (χ0v) is 11.1. The molecule has 0 aliphatic heterocycles. The molecular weight excluding hydrogens is 222 g/mol. The van der Waals surface area contributed by atoms with Gasteiger partial charge in [0, 0.05) is 11.3 Å². The van der Waals surface area contributed by atoms with Gasteiger partial charge in [-0.3, -0.25) is 4.79 Å². The SMILES string of the molecule is CC(CO)SCC(=O)NC1CCCCC1C. The fraction of sp³-hybridized carbons (Fsp3) is 0.917. The van der Waals surface area contributed by atoms with Crippen molar-refractivity contribution in [2.24, 2.45) is 5.92 Å². The Labute approximate surface area is 102 Å². The lowest BCUT2D eigenvalue weighted by Crippen LogP contribution is -2.42. The van der Waals surface area contributed by atoms with Gasteiger partial charge in [0.1, 0.15) is 0 Å². The highest BCUT2D eigenvalue weighted by atomic mass is 32.2. The Balaban J connectivity index is 2.22. The summed E-state index contributed by atoms with van der Waals surface area (Å²) in [6.45, 7) is 4.28. The molecule has 0 aromatic heterocycles. The summed E-state index contributed by atoms with van der Waals surface area (Å²) in [7, 11) is 0. The molecule has 94 valence electrons. The number of amides is 1. The largest absolute Gasteiger partial charge is 0.395 e. The summed E-state index contributed by atoms with van der Waals surface area (Å²) in [5, 5.41) is 12.1. The van der Waals surface area contributed by atoms with E-state index in [-0.39, 0.29) is 17.8 Å². The number of aliphatic hydroxyl groups excluding tert-OH is 1. The molecule has 0 aromatic rings. The summed E-state index contributed by atoms with van der Waals surface area (Å²) >= 11 is 1.51. The first-order chi connectivity index (χ1) is 7.63. The number of hydrogen-bond acceptors (Lipinski definition) is 3. The minimum atomic E-state index is 0.115. The summed E-state index contributed by atoms with van der Waals surface area (Å²) in [4.78, 5) is 11.7. The maximum absolute atomic E-state index is 11.7. The van der Waals surface area contributed by atoms with Gasteiger partial charge in [-0.1, -0.05) is 26.7 Å². The Morgan fingerprint density at radius 2 is 2.19 bits per heavy atom. The molecule has 0 spiro atoms. The van der Waals surface area contributed by atoms with Crippen molar-refractivity contribution in [3.05, 3.63) is 0 Å². The topological polar surface area (TPSA) is 49.3 Å². The van der Waals surface area contributed by atoms with E-state index in [0.29, 0.717) is 17.7 Å². The second-order valence-corrected chi connectivity index (χ2v) is 6.17. The van der Waals surface area contributed by atoms with Crippen LogP contribution in [-0.2, 0) is 4.79 Å². The van der Waals surface area contributed by atoms with E-state index in [1.165, 1.54) is 31.0 Å². The number of rotatable bonds is 5. The summed E-state index contributed by atoms with van der Waals surface area (Å²) in [5.41, 5.74) is 0. The fourth-order valence-electron chi connectivity index (χ4n) is 2.05. The van der Waals surface area contributed by atoms with Crippen LogP contribution in [-0.4, -0.2) is 34.7 Å². The van der Waals surface area contributed by atoms with Crippen molar-refractivity contribution in [2.45, 2.75) is 50.8 Å². The van der Waals surface area contributed by atoms with Crippen LogP contribution < -0.4 is 5.32 Å². The lowest BCUT2D eigenvalue weighted by molar-refractivity contribution is -0.119. The van der Waals surface area contributed by atoms with Crippen molar-refractivity contribution >= 4 is 17.7 Å². The Morgan fingerprint density at radius 1 is 1.50 bits per heavy atom. The third kappa shape index (κ3) is 4.74. The van der Waals surface area contributed by atoms with E-state index in [1.54, 1.807) is 0 Å². The third-order valence-corrected chi connectivity index (χ3v) is 4.36. The molecule has 0 heterocycles. The van der Waals surface area contributed by atoms with Crippen molar-refractivity contribution in [2.75, 3.05) is 12.4 Å². The van der Waals surface area contributed by atoms with Crippen molar-refractivity contribution in [3.8, 4) is 0 Å². The summed E-state index contributed by atoms with van der Waals surface area (Å²) in [6.07, 6.45) is 4.87. The van der Waals surface area contributed by atoms with Crippen LogP contribution in [0.1, 0.15) is 39.5 Å². The van der Waals surface area contributed by atoms with Crippen LogP contribution in [0.2, 0.25) is 0 Å². The summed E-state index contributed by atoms with van der Waals surface area (Å²) in [6, 6.07) is 0.367. The molecule has 1 aliphatic rings. The standard InChI is InChI=1S/C12H23NO2S/c1-9-5-3-4-6-11(9)13-12(15)8-16-10(2)7-14/h9-11,14H,3-8H2,1-2H3,(H,13,15). The van der Waals surface area contributed by atoms with E-state index in [1.807, 2.05) is 6.92 Å². The van der Waals surface area contributed by atoms with Crippen molar-refractivity contribution < 1.29 is 9.90 Å². The average Bonchev–Trinajstić information content (AvgIpc) is 2.29. The zero-order valence-electron chi connectivity index (χ0n) is 10.2. The van der Waals surface area contributed by atoms with E-state index in [4.69, 9.17) is 5.11 Å². The molecule has 1 fully saturated rings. The Bertz CT molecular complexity index is 223. The quantitative estimate of drug-likeness (QED) is 0.776. The highest BCUT2D eigenvalue weighted by Crippen LogP contribution is 2.23. The van der Waals surface area contributed by atoms with Gasteiger partial charge in [-0.15, -0.1) is 11.8 Å². The Morgan fingerprint density at radius 3 is 2.81 bits per heavy atom. The predicted octanol–water partition coefficient (Wildman–Crippen LogP) is 1.80. The second kappa shape index (κ2) is 7.17. The smallest absolute Gasteiger partial charge is 0.230 e. The lowest BCUT2D eigenvalue weighted by Gasteiger charge is -2.29. The van der Waals surface area contributed by atoms with Gasteiger partial charge in [-0.25, -0.2) is 0 Å². The molecule has 0 bridgehead atoms. The van der Waals surface area contributed by atoms with Crippen molar-refractivity contribution in [1.82, 2.24) is 5.32 Å². The molecule has 3 unspecified atom stereocenters. The molecule has 2 N–H and O–H groups in total. The van der Waals surface area contributed by atoms with Gasteiger partial charge < -0.3 is 10.4 Å². The highest BCUT2D eigenvalue weighted by Gasteiger charge is 2.22. The molecule has 4 heteroatoms. The molecule has 1 amide bonds. The van der Waals surface area contributed by atoms with Crippen LogP contribution in [0.25, 0.3) is 0 Å². The summed E-state index contributed by atoms with van der Waals surface area (Å²) in [5.74, 6) is 1.19. The van der Waals surface area contributed by atoms with Crippen LogP contribution >= 0.6 is 11.8 Å². The number of thioether (sulfide) groups is 1. The molecule has 3 nitrogen and oxygen atoms in total. The van der Waals surface area contributed by atoms with Gasteiger partial charge in [0.2, 0.25) is 5.91 Å². The number of nitrogens with one attached hydrogen (secondary N) is 1. The molecule has 1 aliphatic carbocycles. The van der Waals surface area contributed by atoms with E-state index in [0.717, 1.165) is 6.42 Å². The molecule has 3 atom stereocenters. The molecule has 16 heavy (non-hydrogen) atoms. The maximum atomic E-state index is 11.7. The minimum absolute atomic E-state index is 0.115. The van der Waals surface area contributed by atoms with Gasteiger partial charge in [-0.05, 0) is 18.8 Å². The van der Waals surface area contributed by atoms with Gasteiger partial charge in [-0.2, -0.15) is 0 Å². The first-order valence-electron chi connectivity index (χ1n) is 6.15. The number of carbonyl (C=O) groups is 1. The van der Waals surface area contributed by atoms with Gasteiger partial charge in [0.15, 0.2) is 0 Å². The Kier molecular flexibility index (Phi) is 6.21. The van der Waals surface area contributed by atoms with Gasteiger partial charge in [0.05, 0.1) is 12.4 Å². The number of carbonyl (C=O) groups excluding carboxylic acids is 1. The third-order valence-electron chi connectivity index (χ3n) is 3.21.